The number of hydrogen-bond donors (Lipinski definition) is 4. The second kappa shape index (κ2) is 40.2. The van der Waals surface area contributed by atoms with Crippen molar-refractivity contribution >= 4 is 11.9 Å². The summed E-state index contributed by atoms with van der Waals surface area (Å²) in [5, 5.41) is 40.1. The molecule has 0 aromatic heterocycles. The number of ether oxygens (including phenoxy) is 4. The zero-order valence-electron chi connectivity index (χ0n) is 37.4. The van der Waals surface area contributed by atoms with Crippen molar-refractivity contribution in [3.8, 4) is 0 Å². The predicted octanol–water partition coefficient (Wildman–Crippen LogP) is 10.4. The van der Waals surface area contributed by atoms with E-state index < -0.39 is 55.4 Å². The van der Waals surface area contributed by atoms with Crippen LogP contribution in [0.25, 0.3) is 0 Å². The van der Waals surface area contributed by atoms with E-state index in [0.29, 0.717) is 12.8 Å². The van der Waals surface area contributed by atoms with Crippen LogP contribution in [0.5, 0.6) is 0 Å². The molecule has 0 aromatic carbocycles. The third-order valence-electron chi connectivity index (χ3n) is 10.3. The molecule has 0 amide bonds. The Hall–Kier alpha value is -2.86. The van der Waals surface area contributed by atoms with Gasteiger partial charge in [-0.25, -0.2) is 0 Å². The van der Waals surface area contributed by atoms with Gasteiger partial charge >= 0.3 is 11.9 Å². The molecule has 10 nitrogen and oxygen atoms in total. The van der Waals surface area contributed by atoms with Gasteiger partial charge < -0.3 is 39.4 Å². The van der Waals surface area contributed by atoms with E-state index in [0.717, 1.165) is 70.6 Å². The highest BCUT2D eigenvalue weighted by atomic mass is 16.7. The lowest BCUT2D eigenvalue weighted by atomic mass is 9.99. The van der Waals surface area contributed by atoms with Gasteiger partial charge in [-0.05, 0) is 77.0 Å². The van der Waals surface area contributed by atoms with Gasteiger partial charge in [0.2, 0.25) is 0 Å². The molecule has 2 unspecified atom stereocenters. The minimum absolute atomic E-state index is 0.193. The van der Waals surface area contributed by atoms with Gasteiger partial charge in [-0.15, -0.1) is 0 Å². The largest absolute Gasteiger partial charge is 0.462 e. The minimum Gasteiger partial charge on any atom is -0.462 e. The number of hydrogen-bond acceptors (Lipinski definition) is 10. The molecule has 0 aromatic rings. The van der Waals surface area contributed by atoms with Crippen LogP contribution in [0.15, 0.2) is 72.9 Å². The molecule has 0 saturated carbocycles. The molecule has 0 radical (unpaired) electrons. The number of allylic oxidation sites excluding steroid dienone is 12. The third kappa shape index (κ3) is 31.1. The molecule has 1 aliphatic rings. The van der Waals surface area contributed by atoms with Crippen molar-refractivity contribution in [2.24, 2.45) is 0 Å². The maximum atomic E-state index is 12.8. The second-order valence-corrected chi connectivity index (χ2v) is 15.8. The Morgan fingerprint density at radius 1 is 0.517 bits per heavy atom. The third-order valence-corrected chi connectivity index (χ3v) is 10.3. The van der Waals surface area contributed by atoms with Crippen molar-refractivity contribution in [2.75, 3.05) is 19.8 Å². The Morgan fingerprint density at radius 3 is 1.50 bits per heavy atom. The van der Waals surface area contributed by atoms with Gasteiger partial charge in [0, 0.05) is 12.8 Å². The highest BCUT2D eigenvalue weighted by Crippen LogP contribution is 2.22. The van der Waals surface area contributed by atoms with Gasteiger partial charge in [-0.1, -0.05) is 157 Å². The summed E-state index contributed by atoms with van der Waals surface area (Å²) in [6, 6.07) is 0. The summed E-state index contributed by atoms with van der Waals surface area (Å²) in [6.07, 6.45) is 43.4. The monoisotopic (exact) mass is 845 g/mol. The number of aliphatic hydroxyl groups is 4. The summed E-state index contributed by atoms with van der Waals surface area (Å²) in [5.41, 5.74) is 0. The normalized spacial score (nSPS) is 20.5. The molecule has 10 heteroatoms. The van der Waals surface area contributed by atoms with Crippen LogP contribution in [0.4, 0.5) is 0 Å². The average molecular weight is 845 g/mol. The van der Waals surface area contributed by atoms with Crippen molar-refractivity contribution in [3.63, 3.8) is 0 Å². The molecule has 1 heterocycles. The van der Waals surface area contributed by atoms with Gasteiger partial charge in [0.15, 0.2) is 12.4 Å². The predicted molar refractivity (Wildman–Crippen MR) is 242 cm³/mol. The van der Waals surface area contributed by atoms with Crippen LogP contribution >= 0.6 is 0 Å². The molecule has 6 atom stereocenters. The van der Waals surface area contributed by atoms with Crippen molar-refractivity contribution in [2.45, 2.75) is 211 Å². The van der Waals surface area contributed by atoms with Crippen LogP contribution in [-0.2, 0) is 28.5 Å². The molecule has 1 aliphatic heterocycles. The summed E-state index contributed by atoms with van der Waals surface area (Å²) in [5.74, 6) is -0.894. The summed E-state index contributed by atoms with van der Waals surface area (Å²) in [4.78, 5) is 25.3. The highest BCUT2D eigenvalue weighted by Gasteiger charge is 2.44. The first-order valence-corrected chi connectivity index (χ1v) is 23.5. The van der Waals surface area contributed by atoms with E-state index in [9.17, 15) is 30.0 Å². The van der Waals surface area contributed by atoms with Crippen LogP contribution in [0.3, 0.4) is 0 Å². The maximum Gasteiger partial charge on any atom is 0.306 e. The van der Waals surface area contributed by atoms with E-state index in [4.69, 9.17) is 18.9 Å². The average Bonchev–Trinajstić information content (AvgIpc) is 3.25. The number of carbonyl (C=O) groups is 2. The Morgan fingerprint density at radius 2 is 0.967 bits per heavy atom. The van der Waals surface area contributed by atoms with Crippen LogP contribution < -0.4 is 0 Å². The summed E-state index contributed by atoms with van der Waals surface area (Å²) in [7, 11) is 0. The topological polar surface area (TPSA) is 152 Å². The Labute approximate surface area is 363 Å². The fourth-order valence-electron chi connectivity index (χ4n) is 6.55. The molecular formula is C50H84O10. The van der Waals surface area contributed by atoms with Crippen molar-refractivity contribution in [1.82, 2.24) is 0 Å². The number of carbonyl (C=O) groups excluding carboxylic acids is 2. The molecule has 1 rings (SSSR count). The molecule has 60 heavy (non-hydrogen) atoms. The van der Waals surface area contributed by atoms with E-state index in [1.165, 1.54) is 64.2 Å². The number of aliphatic hydroxyl groups excluding tert-OH is 4. The first-order valence-electron chi connectivity index (χ1n) is 23.5. The molecule has 0 bridgehead atoms. The number of rotatable bonds is 38. The highest BCUT2D eigenvalue weighted by molar-refractivity contribution is 5.70. The van der Waals surface area contributed by atoms with E-state index in [1.807, 2.05) is 0 Å². The van der Waals surface area contributed by atoms with E-state index >= 15 is 0 Å². The molecular weight excluding hydrogens is 761 g/mol. The van der Waals surface area contributed by atoms with Crippen LogP contribution in [0.2, 0.25) is 0 Å². The Kier molecular flexibility index (Phi) is 37.0. The molecule has 1 saturated heterocycles. The van der Waals surface area contributed by atoms with Crippen LogP contribution in [0, 0.1) is 0 Å². The Bertz CT molecular complexity index is 1210. The summed E-state index contributed by atoms with van der Waals surface area (Å²) >= 11 is 0. The minimum atomic E-state index is -1.61. The molecule has 0 spiro atoms. The zero-order chi connectivity index (χ0) is 43.7. The number of esters is 2. The SMILES string of the molecule is CCCC/C=C/C/C=C/CCCCCCCC(=O)O[C@@H](COC(=O)CCC/C=C/C/C=C/C/C=C/C/C=C/CCCCCCCCC)CO[C@H]1O[C@@H](CO)[C@@H](O)C(O)C1O. The quantitative estimate of drug-likeness (QED) is 0.0268. The molecule has 0 aliphatic carbocycles. The molecule has 344 valence electrons. The van der Waals surface area contributed by atoms with Crippen molar-refractivity contribution in [3.05, 3.63) is 72.9 Å². The molecule has 1 fully saturated rings. The number of unbranched alkanes of at least 4 members (excludes halogenated alkanes) is 15. The first-order chi connectivity index (χ1) is 29.3. The van der Waals surface area contributed by atoms with Gasteiger partial charge in [0.05, 0.1) is 13.2 Å². The Balaban J connectivity index is 2.36. The first kappa shape index (κ1) is 55.2. The second-order valence-electron chi connectivity index (χ2n) is 15.8. The fourth-order valence-corrected chi connectivity index (χ4v) is 6.55. The molecule has 4 N–H and O–H groups in total. The van der Waals surface area contributed by atoms with Crippen LogP contribution in [-0.4, -0.2) is 89.0 Å². The summed E-state index contributed by atoms with van der Waals surface area (Å²) < 4.78 is 22.1. The van der Waals surface area contributed by atoms with Crippen molar-refractivity contribution in [1.29, 1.82) is 0 Å². The van der Waals surface area contributed by atoms with E-state index in [2.05, 4.69) is 86.8 Å². The zero-order valence-corrected chi connectivity index (χ0v) is 37.4. The fraction of sp³-hybridized carbons (Fsp3) is 0.720. The van der Waals surface area contributed by atoms with E-state index in [-0.39, 0.29) is 26.1 Å². The summed E-state index contributed by atoms with van der Waals surface area (Å²) in [6.45, 7) is 3.30. The van der Waals surface area contributed by atoms with Gasteiger partial charge in [-0.3, -0.25) is 9.59 Å². The smallest absolute Gasteiger partial charge is 0.306 e. The van der Waals surface area contributed by atoms with Crippen LogP contribution in [0.1, 0.15) is 174 Å². The lowest BCUT2D eigenvalue weighted by Gasteiger charge is -2.39. The van der Waals surface area contributed by atoms with Gasteiger partial charge in [-0.2, -0.15) is 0 Å². The standard InChI is InChI=1S/C50H84O10/c1-3-5-7-9-11-13-15-17-19-20-21-22-23-24-25-27-28-30-32-34-36-38-45(52)57-41-43(42-58-50-49(56)48(55)47(54)44(40-51)60-50)59-46(53)39-37-35-33-31-29-26-18-16-14-12-10-8-6-4-2/h10,12,16,18-20,22-23,25,27,30,32,43-44,47-51,54-56H,3-9,11,13-15,17,21,24,26,28-29,31,33-42H2,1-2H3/b12-10+,18-16+,20-19+,23-22+,27-25+,32-30+/t43-,44-,47+,48?,49?,50-/m0/s1. The lowest BCUT2D eigenvalue weighted by Crippen LogP contribution is -2.59. The maximum absolute atomic E-state index is 12.8. The van der Waals surface area contributed by atoms with E-state index in [1.54, 1.807) is 0 Å². The van der Waals surface area contributed by atoms with Crippen molar-refractivity contribution < 1.29 is 49.0 Å². The van der Waals surface area contributed by atoms with Gasteiger partial charge in [0.1, 0.15) is 31.0 Å². The lowest BCUT2D eigenvalue weighted by molar-refractivity contribution is -0.305. The van der Waals surface area contributed by atoms with Gasteiger partial charge in [0.25, 0.3) is 0 Å².